The van der Waals surface area contributed by atoms with E-state index in [0.717, 1.165) is 12.0 Å². The van der Waals surface area contributed by atoms with Crippen LogP contribution in [-0.4, -0.2) is 48.3 Å². The number of hydrogen-bond donors (Lipinski definition) is 2. The van der Waals surface area contributed by atoms with Crippen molar-refractivity contribution in [2.24, 2.45) is 5.92 Å². The third-order valence-corrected chi connectivity index (χ3v) is 4.72. The highest BCUT2D eigenvalue weighted by molar-refractivity contribution is 6.32. The Morgan fingerprint density at radius 1 is 1.24 bits per heavy atom. The fourth-order valence-electron chi connectivity index (χ4n) is 3.01. The van der Waals surface area contributed by atoms with Crippen LogP contribution in [0.2, 0.25) is 5.02 Å². The number of carboxylic acid groups (broad SMARTS) is 1. The van der Waals surface area contributed by atoms with Crippen molar-refractivity contribution in [1.29, 1.82) is 0 Å². The van der Waals surface area contributed by atoms with Gasteiger partial charge in [-0.1, -0.05) is 11.6 Å². The lowest BCUT2D eigenvalue weighted by Gasteiger charge is -2.30. The van der Waals surface area contributed by atoms with Crippen molar-refractivity contribution in [2.75, 3.05) is 26.3 Å². The molecular formula is C17H21ClN2O5. The molecular weight excluding hydrogens is 348 g/mol. The highest BCUT2D eigenvalue weighted by Crippen LogP contribution is 2.37. The van der Waals surface area contributed by atoms with Crippen molar-refractivity contribution in [2.45, 2.75) is 25.8 Å². The number of nitrogens with zero attached hydrogens (tertiary/aromatic N) is 1. The molecule has 7 nitrogen and oxygen atoms in total. The molecule has 2 N–H and O–H groups in total. The summed E-state index contributed by atoms with van der Waals surface area (Å²) in [6.45, 7) is 2.34. The van der Waals surface area contributed by atoms with Gasteiger partial charge in [-0.15, -0.1) is 0 Å². The smallest absolute Gasteiger partial charge is 0.317 e. The van der Waals surface area contributed by atoms with Crippen LogP contribution in [0.15, 0.2) is 12.1 Å². The summed E-state index contributed by atoms with van der Waals surface area (Å²) in [4.78, 5) is 24.9. The van der Waals surface area contributed by atoms with Crippen LogP contribution in [0.25, 0.3) is 0 Å². The Labute approximate surface area is 150 Å². The Bertz CT molecular complexity index is 659. The number of urea groups is 1. The average molecular weight is 369 g/mol. The zero-order chi connectivity index (χ0) is 17.8. The highest BCUT2D eigenvalue weighted by Gasteiger charge is 2.27. The van der Waals surface area contributed by atoms with Gasteiger partial charge in [0.15, 0.2) is 11.5 Å². The molecule has 25 heavy (non-hydrogen) atoms. The molecule has 0 bridgehead atoms. The lowest BCUT2D eigenvalue weighted by atomic mass is 9.97. The largest absolute Gasteiger partial charge is 0.489 e. The number of halogens is 1. The van der Waals surface area contributed by atoms with Crippen molar-refractivity contribution in [3.63, 3.8) is 0 Å². The van der Waals surface area contributed by atoms with E-state index in [0.29, 0.717) is 62.2 Å². The molecule has 0 radical (unpaired) electrons. The van der Waals surface area contributed by atoms with Crippen molar-refractivity contribution in [3.05, 3.63) is 22.7 Å². The van der Waals surface area contributed by atoms with Crippen molar-refractivity contribution in [1.82, 2.24) is 10.2 Å². The van der Waals surface area contributed by atoms with E-state index in [2.05, 4.69) is 5.32 Å². The third kappa shape index (κ3) is 4.28. The van der Waals surface area contributed by atoms with E-state index in [9.17, 15) is 9.59 Å². The maximum atomic E-state index is 12.3. The third-order valence-electron chi connectivity index (χ3n) is 4.44. The number of likely N-dealkylation sites (tertiary alicyclic amines) is 1. The molecule has 1 fully saturated rings. The zero-order valence-corrected chi connectivity index (χ0v) is 14.6. The molecule has 0 aromatic heterocycles. The maximum absolute atomic E-state index is 12.3. The van der Waals surface area contributed by atoms with Gasteiger partial charge in [0.1, 0.15) is 0 Å². The molecule has 0 saturated carbocycles. The molecule has 2 amide bonds. The van der Waals surface area contributed by atoms with Gasteiger partial charge >= 0.3 is 12.0 Å². The van der Waals surface area contributed by atoms with Crippen LogP contribution in [0.3, 0.4) is 0 Å². The number of hydrogen-bond acceptors (Lipinski definition) is 4. The molecule has 2 aliphatic heterocycles. The van der Waals surface area contributed by atoms with Gasteiger partial charge in [0, 0.05) is 26.1 Å². The van der Waals surface area contributed by atoms with E-state index in [1.165, 1.54) is 0 Å². The molecule has 1 saturated heterocycles. The number of piperidine rings is 1. The topological polar surface area (TPSA) is 88.1 Å². The van der Waals surface area contributed by atoms with E-state index in [1.807, 2.05) is 6.07 Å². The summed E-state index contributed by atoms with van der Waals surface area (Å²) in [5.74, 6) is -0.00649. The minimum absolute atomic E-state index is 0.202. The lowest BCUT2D eigenvalue weighted by Crippen LogP contribution is -2.45. The zero-order valence-electron chi connectivity index (χ0n) is 13.8. The molecule has 0 atom stereocenters. The first-order valence-electron chi connectivity index (χ1n) is 8.38. The van der Waals surface area contributed by atoms with E-state index in [4.69, 9.17) is 26.2 Å². The van der Waals surface area contributed by atoms with Gasteiger partial charge in [0.05, 0.1) is 24.2 Å². The minimum Gasteiger partial charge on any atom is -0.489 e. The number of ether oxygens (including phenoxy) is 2. The van der Waals surface area contributed by atoms with Crippen LogP contribution >= 0.6 is 11.6 Å². The molecule has 2 heterocycles. The molecule has 8 heteroatoms. The van der Waals surface area contributed by atoms with Crippen LogP contribution in [0.5, 0.6) is 11.5 Å². The summed E-state index contributed by atoms with van der Waals surface area (Å²) in [5, 5.41) is 12.3. The summed E-state index contributed by atoms with van der Waals surface area (Å²) < 4.78 is 11.2. The number of carbonyl (C=O) groups is 2. The monoisotopic (exact) mass is 368 g/mol. The second kappa shape index (κ2) is 7.82. The van der Waals surface area contributed by atoms with Gasteiger partial charge in [-0.2, -0.15) is 0 Å². The molecule has 0 unspecified atom stereocenters. The average Bonchev–Trinajstić information content (AvgIpc) is 2.85. The summed E-state index contributed by atoms with van der Waals surface area (Å²) in [6, 6.07) is 3.38. The van der Waals surface area contributed by atoms with Crippen LogP contribution in [0.4, 0.5) is 4.79 Å². The summed E-state index contributed by atoms with van der Waals surface area (Å²) in [7, 11) is 0. The number of aliphatic carboxylic acids is 1. The number of carbonyl (C=O) groups excluding carboxylic acids is 1. The van der Waals surface area contributed by atoms with Crippen LogP contribution in [0, 0.1) is 5.92 Å². The Balaban J connectivity index is 1.57. The number of nitrogens with one attached hydrogen (secondary N) is 1. The number of amides is 2. The van der Waals surface area contributed by atoms with Gasteiger partial charge in [-0.05, 0) is 30.5 Å². The summed E-state index contributed by atoms with van der Waals surface area (Å²) in [6.07, 6.45) is 1.76. The normalized spacial score (nSPS) is 17.7. The molecule has 136 valence electrons. The molecule has 0 aliphatic carbocycles. The predicted octanol–water partition coefficient (Wildman–Crippen LogP) is 2.51. The Morgan fingerprint density at radius 3 is 2.68 bits per heavy atom. The van der Waals surface area contributed by atoms with E-state index in [-0.39, 0.29) is 11.9 Å². The number of benzene rings is 1. The summed E-state index contributed by atoms with van der Waals surface area (Å²) in [5.41, 5.74) is 0.822. The van der Waals surface area contributed by atoms with E-state index >= 15 is 0 Å². The number of rotatable bonds is 3. The van der Waals surface area contributed by atoms with Crippen molar-refractivity contribution in [3.8, 4) is 11.5 Å². The molecule has 0 spiro atoms. The number of carboxylic acids is 1. The first kappa shape index (κ1) is 17.7. The maximum Gasteiger partial charge on any atom is 0.317 e. The quantitative estimate of drug-likeness (QED) is 0.855. The van der Waals surface area contributed by atoms with Crippen molar-refractivity contribution >= 4 is 23.6 Å². The van der Waals surface area contributed by atoms with Crippen molar-refractivity contribution < 1.29 is 24.2 Å². The SMILES string of the molecule is O=C(O)C1CCN(C(=O)NCc2cc(Cl)c3c(c2)OCCCO3)CC1. The van der Waals surface area contributed by atoms with Gasteiger partial charge in [-0.25, -0.2) is 4.79 Å². The molecule has 1 aromatic rings. The molecule has 1 aromatic carbocycles. The second-order valence-corrected chi connectivity index (χ2v) is 6.62. The Hall–Kier alpha value is -2.15. The Kier molecular flexibility index (Phi) is 5.53. The van der Waals surface area contributed by atoms with Crippen LogP contribution < -0.4 is 14.8 Å². The first-order valence-corrected chi connectivity index (χ1v) is 8.76. The standard InChI is InChI=1S/C17H21ClN2O5/c18-13-8-11(9-14-15(13)25-7-1-6-24-14)10-19-17(23)20-4-2-12(3-5-20)16(21)22/h8-9,12H,1-7,10H2,(H,19,23)(H,21,22). The van der Waals surface area contributed by atoms with Crippen LogP contribution in [0.1, 0.15) is 24.8 Å². The van der Waals surface area contributed by atoms with Gasteiger partial charge in [0.2, 0.25) is 0 Å². The molecule has 2 aliphatic rings. The number of fused-ring (bicyclic) bond motifs is 1. The van der Waals surface area contributed by atoms with Crippen LogP contribution in [-0.2, 0) is 11.3 Å². The highest BCUT2D eigenvalue weighted by atomic mass is 35.5. The van der Waals surface area contributed by atoms with Gasteiger partial charge < -0.3 is 24.8 Å². The predicted molar refractivity (Wildman–Crippen MR) is 91.2 cm³/mol. The first-order chi connectivity index (χ1) is 12.0. The fraction of sp³-hybridized carbons (Fsp3) is 0.529. The molecule has 3 rings (SSSR count). The van der Waals surface area contributed by atoms with E-state index < -0.39 is 5.97 Å². The Morgan fingerprint density at radius 2 is 1.96 bits per heavy atom. The summed E-state index contributed by atoms with van der Waals surface area (Å²) >= 11 is 6.25. The van der Waals surface area contributed by atoms with E-state index in [1.54, 1.807) is 11.0 Å². The van der Waals surface area contributed by atoms with Gasteiger partial charge in [-0.3, -0.25) is 4.79 Å². The second-order valence-electron chi connectivity index (χ2n) is 6.21. The lowest BCUT2D eigenvalue weighted by molar-refractivity contribution is -0.143. The van der Waals surface area contributed by atoms with Gasteiger partial charge in [0.25, 0.3) is 0 Å². The fourth-order valence-corrected chi connectivity index (χ4v) is 3.29. The minimum atomic E-state index is -0.790.